The minimum atomic E-state index is 0. The first-order chi connectivity index (χ1) is 2.41. The minimum Gasteiger partial charge on any atom is -0.412 e. The largest absolute Gasteiger partial charge is 0.412 e. The summed E-state index contributed by atoms with van der Waals surface area (Å²) in [4.78, 5) is 0. The van der Waals surface area contributed by atoms with Crippen molar-refractivity contribution >= 4 is 0 Å². The minimum absolute atomic E-state index is 0. The second kappa shape index (κ2) is 2060. The smallest absolute Gasteiger partial charge is 0.0437 e. The Bertz CT molecular complexity index is 23.1. The number of hydrogen-bond acceptors (Lipinski definition) is 1. The second-order valence-corrected chi connectivity index (χ2v) is 0.781. The van der Waals surface area contributed by atoms with Crippen LogP contribution in [0.3, 0.4) is 0 Å². The number of hydrogen-bond donors (Lipinski definition) is 0. The monoisotopic (exact) mass is 416 g/mol. The third-order valence-electron chi connectivity index (χ3n) is 0.408. The van der Waals surface area contributed by atoms with Crippen LogP contribution in [0, 0.1) is 0 Å². The third kappa shape index (κ3) is 6010. The van der Waals surface area contributed by atoms with Gasteiger partial charge in [-0.1, -0.05) is 0 Å². The van der Waals surface area contributed by atoms with Crippen molar-refractivity contribution in [2.24, 2.45) is 0 Å². The molecule has 0 saturated carbocycles. The van der Waals surface area contributed by atoms with E-state index in [0.29, 0.717) is 0 Å². The van der Waals surface area contributed by atoms with Gasteiger partial charge in [-0.3, -0.25) is 0 Å². The quantitative estimate of drug-likeness (QED) is 0.415. The molecule has 0 aliphatic heterocycles. The van der Waals surface area contributed by atoms with E-state index in [1.54, 1.807) is 0 Å². The molecule has 0 heterocycles. The Labute approximate surface area is 137 Å². The van der Waals surface area contributed by atoms with Crippen LogP contribution >= 0.6 is 0 Å². The molecule has 20 heteroatoms. The Morgan fingerprint density at radius 2 is 0.375 bits per heavy atom. The molecule has 0 aliphatic carbocycles. The summed E-state index contributed by atoms with van der Waals surface area (Å²) < 4.78 is 4.83. The van der Waals surface area contributed by atoms with Crippen LogP contribution in [0.1, 0.15) is 13.8 Å². The van der Waals surface area contributed by atoms with Crippen molar-refractivity contribution in [3.8, 4) is 0 Å². The SMILES string of the molecule is CCOCC.O.O.O.O.O.O.O.O.O.O.O.O.O.O.O.O.O.O.O. The van der Waals surface area contributed by atoms with E-state index in [-0.39, 0.29) is 104 Å². The fourth-order valence-corrected chi connectivity index (χ4v) is 0.204. The summed E-state index contributed by atoms with van der Waals surface area (Å²) >= 11 is 0. The van der Waals surface area contributed by atoms with Gasteiger partial charge in [0.05, 0.1) is 0 Å². The van der Waals surface area contributed by atoms with Gasteiger partial charge in [-0.25, -0.2) is 0 Å². The van der Waals surface area contributed by atoms with Gasteiger partial charge in [-0.15, -0.1) is 0 Å². The normalized spacial score (nSPS) is 1.75. The molecule has 0 aromatic heterocycles. The van der Waals surface area contributed by atoms with E-state index in [4.69, 9.17) is 4.74 Å². The molecule has 0 rings (SSSR count). The molecule has 0 fully saturated rings. The molecule has 0 bridgehead atoms. The topological polar surface area (TPSA) is 608 Å². The summed E-state index contributed by atoms with van der Waals surface area (Å²) in [6, 6.07) is 0. The molecule has 24 heavy (non-hydrogen) atoms. The van der Waals surface area contributed by atoms with Crippen molar-refractivity contribution in [3.63, 3.8) is 0 Å². The Morgan fingerprint density at radius 3 is 0.375 bits per heavy atom. The van der Waals surface area contributed by atoms with Gasteiger partial charge in [0.25, 0.3) is 0 Å². The van der Waals surface area contributed by atoms with Crippen LogP contribution in [0.4, 0.5) is 0 Å². The van der Waals surface area contributed by atoms with Gasteiger partial charge in [0.1, 0.15) is 0 Å². The van der Waals surface area contributed by atoms with E-state index in [2.05, 4.69) is 0 Å². The molecular weight excluding hydrogens is 368 g/mol. The van der Waals surface area contributed by atoms with Crippen LogP contribution in [0.15, 0.2) is 0 Å². The molecule has 0 amide bonds. The Kier molecular flexibility index (Phi) is 95900. The van der Waals surface area contributed by atoms with E-state index in [1.807, 2.05) is 13.8 Å². The summed E-state index contributed by atoms with van der Waals surface area (Å²) in [6.07, 6.45) is 0. The van der Waals surface area contributed by atoms with E-state index in [1.165, 1.54) is 0 Å². The van der Waals surface area contributed by atoms with Crippen LogP contribution in [0.5, 0.6) is 0 Å². The van der Waals surface area contributed by atoms with Gasteiger partial charge in [-0.05, 0) is 13.8 Å². The highest BCUT2D eigenvalue weighted by Gasteiger charge is 1.64. The van der Waals surface area contributed by atoms with Crippen molar-refractivity contribution in [2.45, 2.75) is 13.8 Å². The highest BCUT2D eigenvalue weighted by Crippen LogP contribution is 1.64. The average Bonchev–Trinajstić information content (AvgIpc) is 1.41. The molecule has 0 atom stereocenters. The third-order valence-corrected chi connectivity index (χ3v) is 0.408. The zero-order valence-corrected chi connectivity index (χ0v) is 13.3. The molecule has 0 spiro atoms. The summed E-state index contributed by atoms with van der Waals surface area (Å²) in [6.45, 7) is 5.67. The molecule has 184 valence electrons. The molecular formula is C4H48O20. The number of ether oxygens (including phenoxy) is 1. The molecule has 0 aromatic carbocycles. The van der Waals surface area contributed by atoms with E-state index >= 15 is 0 Å². The van der Waals surface area contributed by atoms with Gasteiger partial charge < -0.3 is 109 Å². The summed E-state index contributed by atoms with van der Waals surface area (Å²) in [5.74, 6) is 0. The molecule has 0 aromatic rings. The number of rotatable bonds is 2. The fraction of sp³-hybridized carbons (Fsp3) is 1.00. The van der Waals surface area contributed by atoms with E-state index < -0.39 is 0 Å². The Balaban J connectivity index is -0.000000000468. The zero-order valence-electron chi connectivity index (χ0n) is 13.3. The zero-order chi connectivity index (χ0) is 4.12. The lowest BCUT2D eigenvalue weighted by Gasteiger charge is -1.86. The van der Waals surface area contributed by atoms with Gasteiger partial charge >= 0.3 is 0 Å². The molecule has 0 aliphatic rings. The van der Waals surface area contributed by atoms with Crippen molar-refractivity contribution in [1.29, 1.82) is 0 Å². The summed E-state index contributed by atoms with van der Waals surface area (Å²) in [5, 5.41) is 0. The maximum atomic E-state index is 4.83. The van der Waals surface area contributed by atoms with Crippen LogP contribution in [-0.4, -0.2) is 117 Å². The summed E-state index contributed by atoms with van der Waals surface area (Å²) in [5.41, 5.74) is 0. The predicted octanol–water partition coefficient (Wildman–Crippen LogP) is -14.6. The second-order valence-electron chi connectivity index (χ2n) is 0.781. The van der Waals surface area contributed by atoms with Crippen LogP contribution in [-0.2, 0) is 4.74 Å². The summed E-state index contributed by atoms with van der Waals surface area (Å²) in [7, 11) is 0. The first-order valence-corrected chi connectivity index (χ1v) is 1.99. The first-order valence-electron chi connectivity index (χ1n) is 1.99. The van der Waals surface area contributed by atoms with Crippen molar-refractivity contribution < 1.29 is 109 Å². The Hall–Kier alpha value is -0.800. The van der Waals surface area contributed by atoms with Crippen LogP contribution < -0.4 is 0 Å². The average molecular weight is 416 g/mol. The molecule has 20 nitrogen and oxygen atoms in total. The fourth-order valence-electron chi connectivity index (χ4n) is 0.204. The van der Waals surface area contributed by atoms with Crippen molar-refractivity contribution in [3.05, 3.63) is 0 Å². The predicted molar refractivity (Wildman–Crippen MR) is 90.8 cm³/mol. The van der Waals surface area contributed by atoms with E-state index in [0.717, 1.165) is 13.2 Å². The first kappa shape index (κ1) is 1120. The van der Waals surface area contributed by atoms with Gasteiger partial charge in [-0.2, -0.15) is 0 Å². The molecule has 38 N–H and O–H groups in total. The van der Waals surface area contributed by atoms with Crippen molar-refractivity contribution in [2.75, 3.05) is 13.2 Å². The van der Waals surface area contributed by atoms with Gasteiger partial charge in [0, 0.05) is 13.2 Å². The van der Waals surface area contributed by atoms with Crippen LogP contribution in [0.2, 0.25) is 0 Å². The molecule has 0 unspecified atom stereocenters. The highest BCUT2D eigenvalue weighted by molar-refractivity contribution is 4.07. The Morgan fingerprint density at radius 1 is 0.292 bits per heavy atom. The van der Waals surface area contributed by atoms with Gasteiger partial charge in [0.2, 0.25) is 0 Å². The van der Waals surface area contributed by atoms with E-state index in [9.17, 15) is 0 Å². The lowest BCUT2D eigenvalue weighted by atomic mass is 10.8. The lowest BCUT2D eigenvalue weighted by Crippen LogP contribution is -1.84. The van der Waals surface area contributed by atoms with Crippen LogP contribution in [0.25, 0.3) is 0 Å². The maximum absolute atomic E-state index is 4.83. The lowest BCUT2D eigenvalue weighted by molar-refractivity contribution is 0.162. The maximum Gasteiger partial charge on any atom is 0.0437 e. The molecule has 0 radical (unpaired) electrons. The standard InChI is InChI=1S/C4H10O.19H2O/c1-3-5-4-2;;;;;;;;;;;;;;;;;;;/h3-4H2,1-2H3;19*1H2. The molecule has 0 saturated heterocycles. The van der Waals surface area contributed by atoms with Gasteiger partial charge in [0.15, 0.2) is 0 Å². The van der Waals surface area contributed by atoms with Crippen molar-refractivity contribution in [1.82, 2.24) is 0 Å². The highest BCUT2D eigenvalue weighted by atomic mass is 16.5.